The zero-order valence-corrected chi connectivity index (χ0v) is 22.3. The van der Waals surface area contributed by atoms with Gasteiger partial charge in [0.25, 0.3) is 0 Å². The van der Waals surface area contributed by atoms with E-state index >= 15 is 0 Å². The number of benzene rings is 2. The minimum atomic E-state index is -0.654. The highest BCUT2D eigenvalue weighted by molar-refractivity contribution is 6.31. The first-order chi connectivity index (χ1) is 18.0. The van der Waals surface area contributed by atoms with Crippen molar-refractivity contribution in [2.45, 2.75) is 39.0 Å². The predicted octanol–water partition coefficient (Wildman–Crippen LogP) is 5.92. The second-order valence-corrected chi connectivity index (χ2v) is 8.92. The Labute approximate surface area is 223 Å². The number of carbonyl (C=O) groups excluding carboxylic acids is 1. The van der Waals surface area contributed by atoms with Crippen LogP contribution >= 0.6 is 11.6 Å². The van der Waals surface area contributed by atoms with Crippen LogP contribution in [0.4, 0.5) is 0 Å². The Hall–Kier alpha value is -3.47. The van der Waals surface area contributed by atoms with Crippen LogP contribution in [0.1, 0.15) is 44.6 Å². The molecule has 0 radical (unpaired) electrons. The van der Waals surface area contributed by atoms with Crippen molar-refractivity contribution in [1.29, 1.82) is 5.26 Å². The van der Waals surface area contributed by atoms with E-state index in [1.165, 1.54) is 7.11 Å². The van der Waals surface area contributed by atoms with Crippen LogP contribution in [0, 0.1) is 11.3 Å². The summed E-state index contributed by atoms with van der Waals surface area (Å²) in [6, 6.07) is 17.0. The smallest absolute Gasteiger partial charge is 0.336 e. The number of hydrogen-bond acceptors (Lipinski definition) is 7. The van der Waals surface area contributed by atoms with Crippen LogP contribution in [0.15, 0.2) is 71.1 Å². The quantitative estimate of drug-likeness (QED) is 0.257. The Balaban J connectivity index is 1.66. The van der Waals surface area contributed by atoms with Gasteiger partial charge in [0.1, 0.15) is 0 Å². The van der Waals surface area contributed by atoms with Crippen molar-refractivity contribution in [2.24, 2.45) is 0 Å². The second-order valence-electron chi connectivity index (χ2n) is 8.52. The summed E-state index contributed by atoms with van der Waals surface area (Å²) in [4.78, 5) is 12.9. The lowest BCUT2D eigenvalue weighted by atomic mass is 9.81. The summed E-state index contributed by atoms with van der Waals surface area (Å²) in [5.74, 6) is 0.241. The normalized spacial score (nSPS) is 15.2. The highest BCUT2D eigenvalue weighted by Crippen LogP contribution is 2.41. The molecule has 196 valence electrons. The van der Waals surface area contributed by atoms with Crippen molar-refractivity contribution in [3.63, 3.8) is 0 Å². The molecule has 1 N–H and O–H groups in total. The van der Waals surface area contributed by atoms with E-state index in [0.29, 0.717) is 65.1 Å². The molecule has 37 heavy (non-hydrogen) atoms. The first-order valence-corrected chi connectivity index (χ1v) is 12.8. The maximum Gasteiger partial charge on any atom is 0.336 e. The van der Waals surface area contributed by atoms with Crippen LogP contribution in [0.5, 0.6) is 11.5 Å². The van der Waals surface area contributed by atoms with E-state index in [2.05, 4.69) is 18.3 Å². The molecule has 0 fully saturated rings. The predicted molar refractivity (Wildman–Crippen MR) is 142 cm³/mol. The Bertz CT molecular complexity index is 1180. The van der Waals surface area contributed by atoms with Crippen molar-refractivity contribution in [2.75, 3.05) is 33.5 Å². The number of hydrogen-bond donors (Lipinski definition) is 1. The zero-order valence-electron chi connectivity index (χ0n) is 21.5. The van der Waals surface area contributed by atoms with Crippen LogP contribution in [-0.2, 0) is 14.3 Å². The molecule has 0 spiro atoms. The van der Waals surface area contributed by atoms with Gasteiger partial charge in [-0.2, -0.15) is 5.26 Å². The molecule has 0 aromatic heterocycles. The van der Waals surface area contributed by atoms with Crippen molar-refractivity contribution in [3.05, 3.63) is 81.7 Å². The molecule has 1 aliphatic rings. The van der Waals surface area contributed by atoms with E-state index in [1.54, 1.807) is 19.1 Å². The largest absolute Gasteiger partial charge is 0.490 e. The SMILES string of the molecule is CCCCOc1ccccc1OCCCOCC1=C(C(=O)OC)C(c2ccccc2Cl)C(C#N)=C(C)N1. The number of ether oxygens (including phenoxy) is 4. The standard InChI is InChI=1S/C29H33ClN2O5/c1-4-5-16-36-25-13-8-9-14-26(25)37-17-10-15-35-19-24-28(29(33)34-3)27(22(18-31)20(2)32-24)21-11-6-7-12-23(21)30/h6-9,11-14,27,32H,4-5,10,15-17,19H2,1-3H3. The summed E-state index contributed by atoms with van der Waals surface area (Å²) < 4.78 is 22.7. The highest BCUT2D eigenvalue weighted by atomic mass is 35.5. The van der Waals surface area contributed by atoms with Crippen LogP contribution in [0.3, 0.4) is 0 Å². The summed E-state index contributed by atoms with van der Waals surface area (Å²) in [7, 11) is 1.32. The molecule has 1 heterocycles. The molecule has 2 aromatic carbocycles. The average Bonchev–Trinajstić information content (AvgIpc) is 2.91. The summed E-state index contributed by atoms with van der Waals surface area (Å²) in [6.07, 6.45) is 2.69. The average molecular weight is 525 g/mol. The molecule has 8 heteroatoms. The van der Waals surface area contributed by atoms with Crippen LogP contribution in [0.25, 0.3) is 0 Å². The van der Waals surface area contributed by atoms with E-state index in [0.717, 1.165) is 18.6 Å². The molecule has 0 aliphatic carbocycles. The second kappa shape index (κ2) is 14.3. The fourth-order valence-electron chi connectivity index (χ4n) is 4.06. The van der Waals surface area contributed by atoms with Crippen molar-refractivity contribution >= 4 is 17.6 Å². The Morgan fingerprint density at radius 3 is 2.30 bits per heavy atom. The lowest BCUT2D eigenvalue weighted by Gasteiger charge is -2.30. The summed E-state index contributed by atoms with van der Waals surface area (Å²) in [5, 5.41) is 13.5. The van der Waals surface area contributed by atoms with Crippen LogP contribution in [-0.4, -0.2) is 39.5 Å². The third-order valence-electron chi connectivity index (χ3n) is 5.93. The van der Waals surface area contributed by atoms with Gasteiger partial charge in [-0.3, -0.25) is 0 Å². The van der Waals surface area contributed by atoms with Gasteiger partial charge in [0.2, 0.25) is 0 Å². The lowest BCUT2D eigenvalue weighted by molar-refractivity contribution is -0.136. The van der Waals surface area contributed by atoms with E-state index in [1.807, 2.05) is 36.4 Å². The zero-order chi connectivity index (χ0) is 26.6. The third kappa shape index (κ3) is 7.28. The number of nitrogens with zero attached hydrogens (tertiary/aromatic N) is 1. The number of allylic oxidation sites excluding steroid dienone is 2. The van der Waals surface area contributed by atoms with E-state index < -0.39 is 11.9 Å². The molecule has 7 nitrogen and oxygen atoms in total. The topological polar surface area (TPSA) is 89.8 Å². The molecule has 3 rings (SSSR count). The Kier molecular flexibility index (Phi) is 10.9. The van der Waals surface area contributed by atoms with E-state index in [-0.39, 0.29) is 6.61 Å². The highest BCUT2D eigenvalue weighted by Gasteiger charge is 2.36. The number of rotatable bonds is 13. The van der Waals surface area contributed by atoms with Gasteiger partial charge < -0.3 is 24.3 Å². The van der Waals surface area contributed by atoms with E-state index in [4.69, 9.17) is 30.5 Å². The fraction of sp³-hybridized carbons (Fsp3) is 0.379. The minimum Gasteiger partial charge on any atom is -0.490 e. The number of methoxy groups -OCH3 is 1. The Morgan fingerprint density at radius 1 is 1.03 bits per heavy atom. The first-order valence-electron chi connectivity index (χ1n) is 12.4. The number of nitriles is 1. The number of unbranched alkanes of at least 4 members (excludes halogenated alkanes) is 1. The molecule has 1 unspecified atom stereocenters. The number of dihydropyridines is 1. The molecule has 1 aliphatic heterocycles. The number of carbonyl (C=O) groups is 1. The van der Waals surface area contributed by atoms with E-state index in [9.17, 15) is 10.1 Å². The molecule has 2 aromatic rings. The van der Waals surface area contributed by atoms with Gasteiger partial charge in [-0.15, -0.1) is 0 Å². The molecular formula is C29H33ClN2O5. The van der Waals surface area contributed by atoms with Crippen molar-refractivity contribution < 1.29 is 23.7 Å². The van der Waals surface area contributed by atoms with Crippen molar-refractivity contribution in [1.82, 2.24) is 5.32 Å². The van der Waals surface area contributed by atoms with Gasteiger partial charge in [-0.05, 0) is 37.1 Å². The van der Waals surface area contributed by atoms with Gasteiger partial charge in [-0.25, -0.2) is 4.79 Å². The molecule has 0 saturated carbocycles. The van der Waals surface area contributed by atoms with Gasteiger partial charge in [0.15, 0.2) is 11.5 Å². The first kappa shape index (κ1) is 28.1. The van der Waals surface area contributed by atoms with Gasteiger partial charge in [0.05, 0.1) is 62.4 Å². The summed E-state index contributed by atoms with van der Waals surface area (Å²) in [5.41, 5.74) is 2.57. The third-order valence-corrected chi connectivity index (χ3v) is 6.27. The lowest BCUT2D eigenvalue weighted by Crippen LogP contribution is -2.31. The van der Waals surface area contributed by atoms with Crippen molar-refractivity contribution in [3.8, 4) is 17.6 Å². The maximum absolute atomic E-state index is 12.9. The molecular weight excluding hydrogens is 492 g/mol. The van der Waals surface area contributed by atoms with Gasteiger partial charge in [-0.1, -0.05) is 55.3 Å². The van der Waals surface area contributed by atoms with Gasteiger partial charge >= 0.3 is 5.97 Å². The molecule has 1 atom stereocenters. The van der Waals surface area contributed by atoms with Gasteiger partial charge in [0, 0.05) is 17.1 Å². The number of halogens is 1. The number of esters is 1. The minimum absolute atomic E-state index is 0.137. The van der Waals surface area contributed by atoms with Crippen LogP contribution in [0.2, 0.25) is 5.02 Å². The maximum atomic E-state index is 12.9. The fourth-order valence-corrected chi connectivity index (χ4v) is 4.31. The Morgan fingerprint density at radius 2 is 1.68 bits per heavy atom. The molecule has 0 amide bonds. The molecule has 0 saturated heterocycles. The monoisotopic (exact) mass is 524 g/mol. The number of para-hydroxylation sites is 2. The molecule has 0 bridgehead atoms. The van der Waals surface area contributed by atoms with Crippen LogP contribution < -0.4 is 14.8 Å². The summed E-state index contributed by atoms with van der Waals surface area (Å²) in [6.45, 7) is 5.56. The number of nitrogens with one attached hydrogen (secondary N) is 1. The summed E-state index contributed by atoms with van der Waals surface area (Å²) >= 11 is 6.47.